The van der Waals surface area contributed by atoms with E-state index in [1.165, 1.54) is 23.1 Å². The predicted octanol–water partition coefficient (Wildman–Crippen LogP) is 3.35. The Morgan fingerprint density at radius 3 is 2.67 bits per heavy atom. The van der Waals surface area contributed by atoms with Gasteiger partial charge in [-0.3, -0.25) is 9.59 Å². The van der Waals surface area contributed by atoms with E-state index < -0.39 is 29.5 Å². The number of nitriles is 1. The summed E-state index contributed by atoms with van der Waals surface area (Å²) in [6, 6.07) is 11.4. The van der Waals surface area contributed by atoms with Crippen LogP contribution in [0.15, 0.2) is 40.6 Å². The highest BCUT2D eigenvalue weighted by Crippen LogP contribution is 2.24. The van der Waals surface area contributed by atoms with Crippen LogP contribution < -0.4 is 0 Å². The van der Waals surface area contributed by atoms with Gasteiger partial charge in [0.05, 0.1) is 6.07 Å². The van der Waals surface area contributed by atoms with E-state index in [2.05, 4.69) is 4.98 Å². The van der Waals surface area contributed by atoms with Crippen molar-refractivity contribution in [2.75, 3.05) is 6.61 Å². The second-order valence-corrected chi connectivity index (χ2v) is 7.34. The van der Waals surface area contributed by atoms with Crippen LogP contribution in [0.5, 0.6) is 0 Å². The largest absolute Gasteiger partial charge is 0.457 e. The van der Waals surface area contributed by atoms with E-state index in [1.807, 2.05) is 36.4 Å². The normalized spacial score (nSPS) is 12.9. The van der Waals surface area contributed by atoms with Gasteiger partial charge in [-0.05, 0) is 26.0 Å². The number of ketones is 1. The number of hydrogen-bond donors (Lipinski definition) is 0. The van der Waals surface area contributed by atoms with Crippen LogP contribution in [-0.2, 0) is 14.3 Å². The smallest absolute Gasteiger partial charge is 0.319 e. The number of thiazole rings is 1. The number of benzene rings is 1. The Balaban J connectivity index is 1.88. The fraction of sp³-hybridized carbons (Fsp3) is 0.294. The van der Waals surface area contributed by atoms with Gasteiger partial charge in [-0.25, -0.2) is 4.98 Å². The van der Waals surface area contributed by atoms with Gasteiger partial charge in [-0.1, -0.05) is 18.2 Å². The van der Waals surface area contributed by atoms with E-state index in [1.54, 1.807) is 19.2 Å². The zero-order valence-corrected chi connectivity index (χ0v) is 14.9. The van der Waals surface area contributed by atoms with Crippen molar-refractivity contribution in [1.82, 2.24) is 4.98 Å². The Kier molecular flexibility index (Phi) is 6.53. The van der Waals surface area contributed by atoms with Gasteiger partial charge in [-0.15, -0.1) is 23.1 Å². The molecule has 0 saturated carbocycles. The average Bonchev–Trinajstić information content (AvgIpc) is 3.00. The zero-order chi connectivity index (χ0) is 17.5. The minimum Gasteiger partial charge on any atom is -0.457 e. The number of nitrogens with zero attached hydrogens (tertiary/aromatic N) is 2. The predicted molar refractivity (Wildman–Crippen MR) is 92.9 cm³/mol. The SMILES string of the molecule is Cc1csc([C@@H](C#N)C(=O)COC(=O)[C@H](C)Sc2ccccc2)n1. The molecular weight excluding hydrogens is 344 g/mol. The Morgan fingerprint density at radius 2 is 2.08 bits per heavy atom. The molecule has 0 spiro atoms. The molecule has 0 aliphatic carbocycles. The van der Waals surface area contributed by atoms with Crippen LogP contribution in [0, 0.1) is 18.3 Å². The summed E-state index contributed by atoms with van der Waals surface area (Å²) >= 11 is 2.61. The van der Waals surface area contributed by atoms with Gasteiger partial charge in [0.15, 0.2) is 18.3 Å². The Hall–Kier alpha value is -2.17. The lowest BCUT2D eigenvalue weighted by Gasteiger charge is -2.11. The van der Waals surface area contributed by atoms with E-state index in [0.29, 0.717) is 5.01 Å². The number of ether oxygens (including phenoxy) is 1. The van der Waals surface area contributed by atoms with Crippen LogP contribution in [-0.4, -0.2) is 28.6 Å². The van der Waals surface area contributed by atoms with Crippen molar-refractivity contribution < 1.29 is 14.3 Å². The van der Waals surface area contributed by atoms with Gasteiger partial charge >= 0.3 is 5.97 Å². The molecule has 124 valence electrons. The van der Waals surface area contributed by atoms with E-state index in [4.69, 9.17) is 4.74 Å². The molecule has 2 aromatic rings. The lowest BCUT2D eigenvalue weighted by atomic mass is 10.1. The van der Waals surface area contributed by atoms with E-state index in [0.717, 1.165) is 10.6 Å². The van der Waals surface area contributed by atoms with Crippen LogP contribution in [0.1, 0.15) is 23.5 Å². The van der Waals surface area contributed by atoms with E-state index in [9.17, 15) is 14.9 Å². The minimum atomic E-state index is -0.992. The number of aryl methyl sites for hydroxylation is 1. The van der Waals surface area contributed by atoms with Gasteiger partial charge in [0, 0.05) is 16.0 Å². The summed E-state index contributed by atoms with van der Waals surface area (Å²) in [6.45, 7) is 3.09. The van der Waals surface area contributed by atoms with Crippen molar-refractivity contribution >= 4 is 34.9 Å². The molecule has 0 unspecified atom stereocenters. The average molecular weight is 360 g/mol. The van der Waals surface area contributed by atoms with Crippen molar-refractivity contribution in [2.24, 2.45) is 0 Å². The molecule has 1 aromatic carbocycles. The van der Waals surface area contributed by atoms with Crippen LogP contribution in [0.3, 0.4) is 0 Å². The minimum absolute atomic E-state index is 0.421. The molecule has 24 heavy (non-hydrogen) atoms. The Bertz CT molecular complexity index is 753. The second-order valence-electron chi connectivity index (χ2n) is 5.04. The molecule has 0 aliphatic rings. The number of hydrogen-bond acceptors (Lipinski definition) is 7. The summed E-state index contributed by atoms with van der Waals surface area (Å²) in [5.74, 6) is -1.94. The topological polar surface area (TPSA) is 80.0 Å². The van der Waals surface area contributed by atoms with Crippen molar-refractivity contribution in [3.05, 3.63) is 46.4 Å². The standard InChI is InChI=1S/C17H16N2O3S2/c1-11-10-23-16(19-11)14(8-18)15(20)9-22-17(21)12(2)24-13-6-4-3-5-7-13/h3-7,10,12,14H,9H2,1-2H3/t12-,14-/m0/s1. The lowest BCUT2D eigenvalue weighted by Crippen LogP contribution is -2.24. The molecule has 0 amide bonds. The van der Waals surface area contributed by atoms with Crippen molar-refractivity contribution in [3.63, 3.8) is 0 Å². The molecule has 1 heterocycles. The van der Waals surface area contributed by atoms with E-state index >= 15 is 0 Å². The lowest BCUT2D eigenvalue weighted by molar-refractivity contribution is -0.147. The fourth-order valence-electron chi connectivity index (χ4n) is 1.86. The number of rotatable bonds is 7. The van der Waals surface area contributed by atoms with Crippen LogP contribution in [0.25, 0.3) is 0 Å². The first-order valence-corrected chi connectivity index (χ1v) is 9.00. The third-order valence-electron chi connectivity index (χ3n) is 3.08. The first kappa shape index (κ1) is 18.2. The van der Waals surface area contributed by atoms with Crippen molar-refractivity contribution in [3.8, 4) is 6.07 Å². The number of thioether (sulfide) groups is 1. The molecule has 0 bridgehead atoms. The van der Waals surface area contributed by atoms with Crippen LogP contribution in [0.4, 0.5) is 0 Å². The molecule has 2 atom stereocenters. The second kappa shape index (κ2) is 8.62. The third-order valence-corrected chi connectivity index (χ3v) is 5.20. The summed E-state index contributed by atoms with van der Waals surface area (Å²) in [6.07, 6.45) is 0. The summed E-state index contributed by atoms with van der Waals surface area (Å²) in [4.78, 5) is 29.2. The number of esters is 1. The molecule has 7 heteroatoms. The highest BCUT2D eigenvalue weighted by Gasteiger charge is 2.25. The number of carbonyl (C=O) groups is 2. The molecule has 0 radical (unpaired) electrons. The molecule has 0 fully saturated rings. The number of carbonyl (C=O) groups excluding carboxylic acids is 2. The molecule has 0 saturated heterocycles. The van der Waals surface area contributed by atoms with Gasteiger partial charge in [0.2, 0.25) is 0 Å². The molecular formula is C17H16N2O3S2. The maximum absolute atomic E-state index is 12.1. The quantitative estimate of drug-likeness (QED) is 0.556. The third kappa shape index (κ3) is 4.91. The first-order valence-electron chi connectivity index (χ1n) is 7.24. The van der Waals surface area contributed by atoms with Gasteiger partial charge in [0.25, 0.3) is 0 Å². The molecule has 0 N–H and O–H groups in total. The fourth-order valence-corrected chi connectivity index (χ4v) is 3.61. The summed E-state index contributed by atoms with van der Waals surface area (Å²) < 4.78 is 5.07. The van der Waals surface area contributed by atoms with Gasteiger partial charge < -0.3 is 4.74 Å². The maximum Gasteiger partial charge on any atom is 0.319 e. The maximum atomic E-state index is 12.1. The molecule has 1 aromatic heterocycles. The molecule has 2 rings (SSSR count). The monoisotopic (exact) mass is 360 g/mol. The van der Waals surface area contributed by atoms with Crippen molar-refractivity contribution in [2.45, 2.75) is 29.9 Å². The highest BCUT2D eigenvalue weighted by atomic mass is 32.2. The highest BCUT2D eigenvalue weighted by molar-refractivity contribution is 8.00. The Morgan fingerprint density at radius 1 is 1.38 bits per heavy atom. The van der Waals surface area contributed by atoms with Crippen LogP contribution >= 0.6 is 23.1 Å². The zero-order valence-electron chi connectivity index (χ0n) is 13.3. The van der Waals surface area contributed by atoms with Gasteiger partial charge in [-0.2, -0.15) is 5.26 Å². The molecule has 0 aliphatic heterocycles. The van der Waals surface area contributed by atoms with E-state index in [-0.39, 0.29) is 0 Å². The van der Waals surface area contributed by atoms with Crippen LogP contribution in [0.2, 0.25) is 0 Å². The number of Topliss-reactive ketones (excluding diaryl/α,β-unsaturated/α-hetero) is 1. The van der Waals surface area contributed by atoms with Crippen molar-refractivity contribution in [1.29, 1.82) is 5.26 Å². The first-order chi connectivity index (χ1) is 11.5. The van der Waals surface area contributed by atoms with Gasteiger partial charge in [0.1, 0.15) is 10.3 Å². The Labute approximate surface area is 148 Å². The summed E-state index contributed by atoms with van der Waals surface area (Å²) in [7, 11) is 0. The number of aromatic nitrogens is 1. The molecule has 5 nitrogen and oxygen atoms in total. The summed E-state index contributed by atoms with van der Waals surface area (Å²) in [5.41, 5.74) is 0.757. The summed E-state index contributed by atoms with van der Waals surface area (Å²) in [5, 5.41) is 10.9.